The number of fused-ring (bicyclic) bond motifs is 3. The fourth-order valence-electron chi connectivity index (χ4n) is 2.09. The summed E-state index contributed by atoms with van der Waals surface area (Å²) in [6.45, 7) is -0.736. The van der Waals surface area contributed by atoms with Gasteiger partial charge in [0.15, 0.2) is 6.29 Å². The molecule has 9 heteroatoms. The number of rotatable bonds is 6. The van der Waals surface area contributed by atoms with Gasteiger partial charge >= 0.3 is 11.9 Å². The molecule has 0 aliphatic carbocycles. The van der Waals surface area contributed by atoms with E-state index in [1.165, 1.54) is 38.9 Å². The number of aliphatic carboxylic acids is 2. The summed E-state index contributed by atoms with van der Waals surface area (Å²) in [5.41, 5.74) is 0. The Balaban J connectivity index is 2.04. The summed E-state index contributed by atoms with van der Waals surface area (Å²) >= 11 is 4.26. The van der Waals surface area contributed by atoms with Crippen LogP contribution in [0.1, 0.15) is 9.67 Å². The second kappa shape index (κ2) is 5.67. The lowest BCUT2D eigenvalue weighted by Gasteiger charge is -2.17. The molecule has 0 saturated carbocycles. The summed E-state index contributed by atoms with van der Waals surface area (Å²) in [5.74, 6) is -2.16. The molecule has 2 N–H and O–H groups in total. The molecule has 0 radical (unpaired) electrons. The second-order valence-electron chi connectivity index (χ2n) is 4.48. The molecule has 0 unspecified atom stereocenters. The molecule has 0 saturated heterocycles. The maximum Gasteiger partial charge on any atom is 0.323 e. The number of carboxylic acids is 2. The van der Waals surface area contributed by atoms with Gasteiger partial charge in [0.25, 0.3) is 0 Å². The van der Waals surface area contributed by atoms with Crippen molar-refractivity contribution in [3.63, 3.8) is 0 Å². The summed E-state index contributed by atoms with van der Waals surface area (Å²) in [6, 6.07) is 3.64. The number of carbonyl (C=O) groups excluding carboxylic acids is 1. The summed E-state index contributed by atoms with van der Waals surface area (Å²) in [6.07, 6.45) is 0.804. The maximum atomic E-state index is 10.9. The van der Waals surface area contributed by atoms with Gasteiger partial charge in [0.05, 0.1) is 19.3 Å². The minimum atomic E-state index is -1.08. The van der Waals surface area contributed by atoms with E-state index in [2.05, 4.69) is 0 Å². The van der Waals surface area contributed by atoms with E-state index in [1.807, 2.05) is 12.1 Å². The molecule has 22 heavy (non-hydrogen) atoms. The lowest BCUT2D eigenvalue weighted by molar-refractivity contribution is -0.136. The third-order valence-corrected chi connectivity index (χ3v) is 6.67. The molecule has 0 spiro atoms. The summed E-state index contributed by atoms with van der Waals surface area (Å²) in [4.78, 5) is 34.6. The minimum absolute atomic E-state index is 0.368. The molecule has 0 aromatic carbocycles. The minimum Gasteiger partial charge on any atom is -0.480 e. The first kappa shape index (κ1) is 14.9. The molecule has 3 aromatic heterocycles. The van der Waals surface area contributed by atoms with E-state index in [-0.39, 0.29) is 13.1 Å². The predicted molar refractivity (Wildman–Crippen MR) is 88.0 cm³/mol. The molecule has 3 aromatic rings. The number of carbonyl (C=O) groups is 3. The highest BCUT2D eigenvalue weighted by Crippen LogP contribution is 2.45. The van der Waals surface area contributed by atoms with Crippen molar-refractivity contribution in [1.29, 1.82) is 0 Å². The maximum absolute atomic E-state index is 10.9. The van der Waals surface area contributed by atoms with Crippen molar-refractivity contribution >= 4 is 76.0 Å². The third-order valence-electron chi connectivity index (χ3n) is 2.91. The molecule has 0 fully saturated rings. The zero-order valence-corrected chi connectivity index (χ0v) is 13.4. The zero-order chi connectivity index (χ0) is 15.9. The van der Waals surface area contributed by atoms with Crippen LogP contribution in [-0.2, 0) is 9.59 Å². The smallest absolute Gasteiger partial charge is 0.323 e. The highest BCUT2D eigenvalue weighted by molar-refractivity contribution is 7.39. The number of hydrogen-bond donors (Lipinski definition) is 2. The van der Waals surface area contributed by atoms with Crippen LogP contribution in [0.2, 0.25) is 0 Å². The van der Waals surface area contributed by atoms with Crippen molar-refractivity contribution in [3.8, 4) is 0 Å². The Morgan fingerprint density at radius 2 is 1.59 bits per heavy atom. The van der Waals surface area contributed by atoms with E-state index < -0.39 is 11.9 Å². The van der Waals surface area contributed by atoms with Gasteiger partial charge in [-0.15, -0.1) is 34.0 Å². The van der Waals surface area contributed by atoms with Gasteiger partial charge in [-0.2, -0.15) is 0 Å². The van der Waals surface area contributed by atoms with Gasteiger partial charge in [0, 0.05) is 9.40 Å². The Hall–Kier alpha value is -1.97. The fourth-order valence-corrected chi connectivity index (χ4v) is 5.93. The van der Waals surface area contributed by atoms with Gasteiger partial charge in [-0.05, 0) is 12.1 Å². The van der Waals surface area contributed by atoms with E-state index >= 15 is 0 Å². The lowest BCUT2D eigenvalue weighted by Crippen LogP contribution is -2.33. The molecule has 3 rings (SSSR count). The Morgan fingerprint density at radius 3 is 2.18 bits per heavy atom. The normalized spacial score (nSPS) is 11.1. The van der Waals surface area contributed by atoms with Gasteiger partial charge in [-0.1, -0.05) is 0 Å². The van der Waals surface area contributed by atoms with Crippen LogP contribution in [0.4, 0.5) is 5.00 Å². The number of thiophene rings is 3. The van der Waals surface area contributed by atoms with Crippen LogP contribution in [0.25, 0.3) is 18.8 Å². The van der Waals surface area contributed by atoms with Gasteiger partial charge in [-0.25, -0.2) is 0 Å². The first-order chi connectivity index (χ1) is 10.5. The first-order valence-electron chi connectivity index (χ1n) is 6.07. The van der Waals surface area contributed by atoms with Crippen molar-refractivity contribution in [2.24, 2.45) is 0 Å². The molecular formula is C13H9NO5S3. The molecule has 0 aliphatic heterocycles. The zero-order valence-electron chi connectivity index (χ0n) is 10.9. The summed E-state index contributed by atoms with van der Waals surface area (Å²) < 4.78 is 3.94. The van der Waals surface area contributed by atoms with Gasteiger partial charge in [0.2, 0.25) is 0 Å². The lowest BCUT2D eigenvalue weighted by atomic mass is 10.4. The molecule has 3 heterocycles. The molecule has 6 nitrogen and oxygen atoms in total. The van der Waals surface area contributed by atoms with Crippen LogP contribution in [0.15, 0.2) is 12.1 Å². The quantitative estimate of drug-likeness (QED) is 0.660. The standard InChI is InChI=1S/C13H9NO5S3/c15-5-6-1-7-12(20-6)13-8(21-7)2-9(22-13)14(3-10(16)17)4-11(18)19/h1-2,5H,3-4H2,(H,16,17)(H,18,19). The summed E-state index contributed by atoms with van der Waals surface area (Å²) in [7, 11) is 0. The predicted octanol–water partition coefficient (Wildman–Crippen LogP) is 2.97. The van der Waals surface area contributed by atoms with E-state index in [0.717, 1.165) is 25.1 Å². The molecule has 0 bridgehead atoms. The van der Waals surface area contributed by atoms with E-state index in [1.54, 1.807) is 0 Å². The average molecular weight is 355 g/mol. The largest absolute Gasteiger partial charge is 0.480 e. The second-order valence-corrected chi connectivity index (χ2v) is 7.68. The molecular weight excluding hydrogens is 346 g/mol. The van der Waals surface area contributed by atoms with Crippen molar-refractivity contribution in [3.05, 3.63) is 17.0 Å². The van der Waals surface area contributed by atoms with Crippen molar-refractivity contribution in [2.75, 3.05) is 18.0 Å². The first-order valence-corrected chi connectivity index (χ1v) is 8.52. The number of anilines is 1. The number of aldehydes is 1. The van der Waals surface area contributed by atoms with Gasteiger partial charge < -0.3 is 15.1 Å². The number of nitrogens with zero attached hydrogens (tertiary/aromatic N) is 1. The Bertz CT molecular complexity index is 874. The van der Waals surface area contributed by atoms with Gasteiger partial charge in [-0.3, -0.25) is 14.4 Å². The van der Waals surface area contributed by atoms with E-state index in [4.69, 9.17) is 10.2 Å². The molecule has 0 atom stereocenters. The average Bonchev–Trinajstić information content (AvgIpc) is 3.05. The Labute approximate surface area is 135 Å². The summed E-state index contributed by atoms with van der Waals surface area (Å²) in [5, 5.41) is 18.5. The highest BCUT2D eigenvalue weighted by atomic mass is 32.1. The van der Waals surface area contributed by atoms with Crippen LogP contribution < -0.4 is 4.90 Å². The van der Waals surface area contributed by atoms with Crippen LogP contribution in [0.5, 0.6) is 0 Å². The monoisotopic (exact) mass is 355 g/mol. The highest BCUT2D eigenvalue weighted by Gasteiger charge is 2.19. The van der Waals surface area contributed by atoms with Crippen molar-refractivity contribution < 1.29 is 24.6 Å². The van der Waals surface area contributed by atoms with Crippen LogP contribution in [0.3, 0.4) is 0 Å². The third kappa shape index (κ3) is 2.70. The molecule has 0 amide bonds. The fraction of sp³-hybridized carbons (Fsp3) is 0.154. The van der Waals surface area contributed by atoms with Gasteiger partial charge in [0.1, 0.15) is 13.1 Å². The Kier molecular flexibility index (Phi) is 3.85. The number of hydrogen-bond acceptors (Lipinski definition) is 7. The topological polar surface area (TPSA) is 94.9 Å². The SMILES string of the molecule is O=Cc1cc2sc3cc(N(CC(=O)O)CC(=O)O)sc3c2s1. The van der Waals surface area contributed by atoms with Crippen molar-refractivity contribution in [2.45, 2.75) is 0 Å². The van der Waals surface area contributed by atoms with E-state index in [9.17, 15) is 14.4 Å². The van der Waals surface area contributed by atoms with Crippen molar-refractivity contribution in [1.82, 2.24) is 0 Å². The van der Waals surface area contributed by atoms with Crippen LogP contribution >= 0.6 is 34.0 Å². The van der Waals surface area contributed by atoms with E-state index in [0.29, 0.717) is 9.88 Å². The van der Waals surface area contributed by atoms with Crippen LogP contribution in [0, 0.1) is 0 Å². The molecule has 114 valence electrons. The van der Waals surface area contributed by atoms with Crippen LogP contribution in [-0.4, -0.2) is 41.5 Å². The number of carboxylic acid groups (broad SMARTS) is 2. The Morgan fingerprint density at radius 1 is 1.00 bits per heavy atom. The molecule has 0 aliphatic rings.